The molecule has 1 aliphatic heterocycles. The van der Waals surface area contributed by atoms with Crippen LogP contribution >= 0.6 is 35.2 Å². The summed E-state index contributed by atoms with van der Waals surface area (Å²) < 4.78 is 0.953. The summed E-state index contributed by atoms with van der Waals surface area (Å²) >= 11 is 13.2. The minimum atomic E-state index is -1.16. The number of nitrogens with zero attached hydrogens (tertiary/aromatic N) is 3. The number of para-hydroxylation sites is 2. The van der Waals surface area contributed by atoms with E-state index < -0.39 is 29.6 Å². The maximum atomic E-state index is 13.8. The Kier molecular flexibility index (Phi) is 6.53. The zero-order valence-corrected chi connectivity index (χ0v) is 21.3. The molecule has 5 rings (SSSR count). The number of thiocarbonyl (C=S) groups is 1. The monoisotopic (exact) mass is 534 g/mol. The van der Waals surface area contributed by atoms with E-state index >= 15 is 0 Å². The second kappa shape index (κ2) is 9.77. The number of nitrogens with one attached hydrogen (secondary N) is 1. The van der Waals surface area contributed by atoms with E-state index in [0.29, 0.717) is 10.7 Å². The average Bonchev–Trinajstić information content (AvgIpc) is 3.32. The minimum Gasteiger partial charge on any atom is -0.273 e. The van der Waals surface area contributed by atoms with E-state index in [-0.39, 0.29) is 15.7 Å². The van der Waals surface area contributed by atoms with Crippen LogP contribution in [-0.2, 0) is 9.59 Å². The van der Waals surface area contributed by atoms with Crippen molar-refractivity contribution in [3.63, 3.8) is 0 Å². The van der Waals surface area contributed by atoms with E-state index in [0.717, 1.165) is 15.2 Å². The van der Waals surface area contributed by atoms with Gasteiger partial charge in [-0.1, -0.05) is 61.0 Å². The van der Waals surface area contributed by atoms with Gasteiger partial charge in [0.15, 0.2) is 0 Å². The van der Waals surface area contributed by atoms with E-state index in [1.807, 2.05) is 30.3 Å². The summed E-state index contributed by atoms with van der Waals surface area (Å²) in [5, 5.41) is 1.68. The predicted molar refractivity (Wildman–Crippen MR) is 144 cm³/mol. The quantitative estimate of drug-likeness (QED) is 0.282. The molecule has 36 heavy (non-hydrogen) atoms. The summed E-state index contributed by atoms with van der Waals surface area (Å²) in [6, 6.07) is 22.9. The summed E-state index contributed by atoms with van der Waals surface area (Å²) in [7, 11) is 0. The fraction of sp³-hybridized carbons (Fsp3) is 0.115. The molecule has 1 aromatic heterocycles. The molecule has 3 amide bonds. The molecule has 10 heteroatoms. The molecule has 3 aromatic carbocycles. The standard InChI is InChI=1S/C26H19ClN4O3S2/c1-15(23-28-19-13-7-8-14-20(19)36-23)21-24(33)30(16-9-3-2-4-10-16)26(35)31(25(21)34)29-22(32)17-11-5-6-12-18(17)27/h2-15,21H,1H3,(H,29,32). The Labute approximate surface area is 221 Å². The Morgan fingerprint density at radius 2 is 1.67 bits per heavy atom. The smallest absolute Gasteiger partial charge is 0.271 e. The van der Waals surface area contributed by atoms with Gasteiger partial charge < -0.3 is 0 Å². The van der Waals surface area contributed by atoms with Crippen molar-refractivity contribution in [1.82, 2.24) is 15.4 Å². The number of anilines is 1. The number of carbonyl (C=O) groups excluding carboxylic acids is 3. The lowest BCUT2D eigenvalue weighted by atomic mass is 9.90. The van der Waals surface area contributed by atoms with Crippen LogP contribution in [0.2, 0.25) is 5.02 Å². The highest BCUT2D eigenvalue weighted by atomic mass is 35.5. The van der Waals surface area contributed by atoms with Crippen molar-refractivity contribution in [2.75, 3.05) is 4.90 Å². The highest BCUT2D eigenvalue weighted by molar-refractivity contribution is 7.80. The van der Waals surface area contributed by atoms with Crippen molar-refractivity contribution in [2.45, 2.75) is 12.8 Å². The third-order valence-electron chi connectivity index (χ3n) is 5.90. The molecular formula is C26H19ClN4O3S2. The number of hydrazine groups is 1. The molecular weight excluding hydrogens is 516 g/mol. The lowest BCUT2D eigenvalue weighted by Crippen LogP contribution is -2.65. The number of hydrogen-bond donors (Lipinski definition) is 1. The molecule has 0 spiro atoms. The van der Waals surface area contributed by atoms with Crippen LogP contribution in [0.15, 0.2) is 78.9 Å². The number of aromatic nitrogens is 1. The van der Waals surface area contributed by atoms with Crippen molar-refractivity contribution in [1.29, 1.82) is 0 Å². The predicted octanol–water partition coefficient (Wildman–Crippen LogP) is 5.17. The second-order valence-corrected chi connectivity index (χ2v) is 10.0. The first kappa shape index (κ1) is 24.1. The summed E-state index contributed by atoms with van der Waals surface area (Å²) in [5.74, 6) is -3.47. The average molecular weight is 535 g/mol. The fourth-order valence-electron chi connectivity index (χ4n) is 4.05. The second-order valence-electron chi connectivity index (χ2n) is 8.17. The van der Waals surface area contributed by atoms with Crippen molar-refractivity contribution in [3.05, 3.63) is 94.5 Å². The first-order valence-electron chi connectivity index (χ1n) is 11.0. The van der Waals surface area contributed by atoms with Crippen LogP contribution in [0, 0.1) is 5.92 Å². The maximum Gasteiger partial charge on any atom is 0.271 e. The number of thiazole rings is 1. The zero-order valence-electron chi connectivity index (χ0n) is 18.9. The molecule has 4 aromatic rings. The first-order valence-corrected chi connectivity index (χ1v) is 12.6. The van der Waals surface area contributed by atoms with Crippen LogP contribution in [0.3, 0.4) is 0 Å². The zero-order chi connectivity index (χ0) is 25.4. The highest BCUT2D eigenvalue weighted by Gasteiger charge is 2.48. The van der Waals surface area contributed by atoms with Crippen LogP contribution < -0.4 is 10.3 Å². The van der Waals surface area contributed by atoms with E-state index in [2.05, 4.69) is 10.4 Å². The van der Waals surface area contributed by atoms with E-state index in [1.165, 1.54) is 22.3 Å². The van der Waals surface area contributed by atoms with E-state index in [4.69, 9.17) is 23.8 Å². The summed E-state index contributed by atoms with van der Waals surface area (Å²) in [6.07, 6.45) is 0. The van der Waals surface area contributed by atoms with Crippen molar-refractivity contribution in [2.24, 2.45) is 5.92 Å². The number of amides is 3. The van der Waals surface area contributed by atoms with Gasteiger partial charge >= 0.3 is 0 Å². The van der Waals surface area contributed by atoms with E-state index in [1.54, 1.807) is 49.4 Å². The largest absolute Gasteiger partial charge is 0.273 e. The summed E-state index contributed by atoms with van der Waals surface area (Å²) in [4.78, 5) is 46.5. The van der Waals surface area contributed by atoms with Crippen molar-refractivity contribution >= 4 is 73.9 Å². The highest BCUT2D eigenvalue weighted by Crippen LogP contribution is 2.36. The number of hydrogen-bond acceptors (Lipinski definition) is 6. The third-order valence-corrected chi connectivity index (χ3v) is 7.83. The van der Waals surface area contributed by atoms with Gasteiger partial charge in [-0.2, -0.15) is 5.01 Å². The Bertz CT molecular complexity index is 1470. The van der Waals surface area contributed by atoms with Gasteiger partial charge in [0.1, 0.15) is 5.92 Å². The molecule has 1 N–H and O–H groups in total. The number of rotatable bonds is 5. The van der Waals surface area contributed by atoms with Crippen LogP contribution in [0.1, 0.15) is 28.2 Å². The van der Waals surface area contributed by atoms with Crippen LogP contribution in [0.4, 0.5) is 5.69 Å². The van der Waals surface area contributed by atoms with Gasteiger partial charge in [-0.25, -0.2) is 4.98 Å². The molecule has 180 valence electrons. The molecule has 1 saturated heterocycles. The Morgan fingerprint density at radius 3 is 2.39 bits per heavy atom. The lowest BCUT2D eigenvalue weighted by Gasteiger charge is -2.40. The maximum absolute atomic E-state index is 13.8. The van der Waals surface area contributed by atoms with Crippen LogP contribution in [0.5, 0.6) is 0 Å². The van der Waals surface area contributed by atoms with Gasteiger partial charge in [-0.05, 0) is 48.6 Å². The summed E-state index contributed by atoms with van der Waals surface area (Å²) in [6.45, 7) is 1.78. The Morgan fingerprint density at radius 1 is 1.00 bits per heavy atom. The van der Waals surface area contributed by atoms with Crippen molar-refractivity contribution in [3.8, 4) is 0 Å². The van der Waals surface area contributed by atoms with Gasteiger partial charge in [0.25, 0.3) is 11.8 Å². The molecule has 0 saturated carbocycles. The van der Waals surface area contributed by atoms with Gasteiger partial charge in [-0.3, -0.25) is 24.7 Å². The van der Waals surface area contributed by atoms with Gasteiger partial charge in [0.2, 0.25) is 11.0 Å². The molecule has 2 atom stereocenters. The van der Waals surface area contributed by atoms with Crippen LogP contribution in [-0.4, -0.2) is 32.8 Å². The normalized spacial score (nSPS) is 16.9. The van der Waals surface area contributed by atoms with E-state index in [9.17, 15) is 14.4 Å². The molecule has 0 aliphatic carbocycles. The SMILES string of the molecule is CC(c1nc2ccccc2s1)C1C(=O)N(NC(=O)c2ccccc2Cl)C(=S)N(c2ccccc2)C1=O. The van der Waals surface area contributed by atoms with Gasteiger partial charge in [0, 0.05) is 5.92 Å². The third kappa shape index (κ3) is 4.26. The van der Waals surface area contributed by atoms with Gasteiger partial charge in [0.05, 0.1) is 31.5 Å². The molecule has 0 radical (unpaired) electrons. The molecule has 1 aliphatic rings. The number of benzene rings is 3. The fourth-order valence-corrected chi connectivity index (χ4v) is 5.66. The van der Waals surface area contributed by atoms with Gasteiger partial charge in [-0.15, -0.1) is 11.3 Å². The topological polar surface area (TPSA) is 82.6 Å². The Hall–Kier alpha value is -3.66. The number of carbonyl (C=O) groups is 3. The molecule has 2 unspecified atom stereocenters. The van der Waals surface area contributed by atoms with Crippen LogP contribution in [0.25, 0.3) is 10.2 Å². The molecule has 2 heterocycles. The first-order chi connectivity index (χ1) is 17.4. The molecule has 0 bridgehead atoms. The molecule has 1 fully saturated rings. The minimum absolute atomic E-state index is 0.149. The molecule has 7 nitrogen and oxygen atoms in total. The number of fused-ring (bicyclic) bond motifs is 1. The lowest BCUT2D eigenvalue weighted by molar-refractivity contribution is -0.142. The van der Waals surface area contributed by atoms with Crippen molar-refractivity contribution < 1.29 is 14.4 Å². The summed E-state index contributed by atoms with van der Waals surface area (Å²) in [5.41, 5.74) is 4.02. The Balaban J connectivity index is 1.55. The number of halogens is 1.